The van der Waals surface area contributed by atoms with Crippen LogP contribution in [-0.4, -0.2) is 29.1 Å². The van der Waals surface area contributed by atoms with E-state index in [1.54, 1.807) is 11.8 Å². The van der Waals surface area contributed by atoms with E-state index >= 15 is 0 Å². The number of rotatable bonds is 6. The molecule has 0 radical (unpaired) electrons. The molecule has 7 heteroatoms. The monoisotopic (exact) mass is 263 g/mol. The highest BCUT2D eigenvalue weighted by Gasteiger charge is 2.26. The fourth-order valence-corrected chi connectivity index (χ4v) is 1.78. The molecule has 0 aliphatic heterocycles. The Morgan fingerprint density at radius 3 is 2.74 bits per heavy atom. The molecule has 0 bridgehead atoms. The minimum absolute atomic E-state index is 0.211. The van der Waals surface area contributed by atoms with Crippen molar-refractivity contribution in [2.45, 2.75) is 13.3 Å². The molecule has 0 saturated heterocycles. The Bertz CT molecular complexity index is 536. The van der Waals surface area contributed by atoms with Gasteiger partial charge >= 0.3 is 11.7 Å². The van der Waals surface area contributed by atoms with Crippen molar-refractivity contribution in [2.24, 2.45) is 0 Å². The van der Waals surface area contributed by atoms with Gasteiger partial charge in [-0.1, -0.05) is 6.07 Å². The lowest BCUT2D eigenvalue weighted by molar-refractivity contribution is -0.384. The van der Waals surface area contributed by atoms with E-state index in [0.29, 0.717) is 13.1 Å². The number of nitro groups is 1. The van der Waals surface area contributed by atoms with Gasteiger partial charge in [-0.2, -0.15) is 5.26 Å². The Labute approximate surface area is 109 Å². The molecule has 1 rings (SSSR count). The quantitative estimate of drug-likeness (QED) is 0.621. The van der Waals surface area contributed by atoms with E-state index in [2.05, 4.69) is 0 Å². The van der Waals surface area contributed by atoms with Crippen LogP contribution < -0.4 is 4.90 Å². The molecule has 1 aromatic carbocycles. The first-order chi connectivity index (χ1) is 9.02. The lowest BCUT2D eigenvalue weighted by Gasteiger charge is -2.21. The SMILES string of the molecule is CCN(CCC#N)c1cccc(C(=O)O)c1[N+](=O)[O-]. The highest BCUT2D eigenvalue weighted by Crippen LogP contribution is 2.31. The van der Waals surface area contributed by atoms with Crippen molar-refractivity contribution in [2.75, 3.05) is 18.0 Å². The zero-order valence-corrected chi connectivity index (χ0v) is 10.4. The van der Waals surface area contributed by atoms with E-state index in [-0.39, 0.29) is 17.7 Å². The fourth-order valence-electron chi connectivity index (χ4n) is 1.78. The molecular formula is C12H13N3O4. The number of carboxylic acid groups (broad SMARTS) is 1. The first kappa shape index (κ1) is 14.4. The number of benzene rings is 1. The predicted molar refractivity (Wildman–Crippen MR) is 68.2 cm³/mol. The number of anilines is 1. The van der Waals surface area contributed by atoms with Gasteiger partial charge in [0.25, 0.3) is 0 Å². The van der Waals surface area contributed by atoms with Gasteiger partial charge in [0.2, 0.25) is 0 Å². The number of hydrogen-bond donors (Lipinski definition) is 1. The maximum Gasteiger partial charge on any atom is 0.342 e. The first-order valence-electron chi connectivity index (χ1n) is 5.65. The van der Waals surface area contributed by atoms with Crippen LogP contribution in [0.1, 0.15) is 23.7 Å². The zero-order valence-electron chi connectivity index (χ0n) is 10.4. The fraction of sp³-hybridized carbons (Fsp3) is 0.333. The van der Waals surface area contributed by atoms with E-state index in [9.17, 15) is 14.9 Å². The van der Waals surface area contributed by atoms with Gasteiger partial charge in [-0.3, -0.25) is 10.1 Å². The molecule has 0 aliphatic rings. The second-order valence-electron chi connectivity index (χ2n) is 3.72. The second kappa shape index (κ2) is 6.35. The molecule has 0 heterocycles. The smallest absolute Gasteiger partial charge is 0.342 e. The van der Waals surface area contributed by atoms with Crippen molar-refractivity contribution in [3.63, 3.8) is 0 Å². The summed E-state index contributed by atoms with van der Waals surface area (Å²) in [5.41, 5.74) is -0.560. The summed E-state index contributed by atoms with van der Waals surface area (Å²) in [6, 6.07) is 6.11. The predicted octanol–water partition coefficient (Wildman–Crippen LogP) is 2.03. The van der Waals surface area contributed by atoms with Gasteiger partial charge in [0.1, 0.15) is 11.3 Å². The molecule has 0 amide bonds. The van der Waals surface area contributed by atoms with E-state index in [4.69, 9.17) is 10.4 Å². The third kappa shape index (κ3) is 3.19. The zero-order chi connectivity index (χ0) is 14.4. The van der Waals surface area contributed by atoms with Crippen molar-refractivity contribution >= 4 is 17.3 Å². The second-order valence-corrected chi connectivity index (χ2v) is 3.72. The molecule has 0 spiro atoms. The van der Waals surface area contributed by atoms with E-state index in [1.807, 2.05) is 6.07 Å². The molecule has 1 N–H and O–H groups in total. The molecular weight excluding hydrogens is 250 g/mol. The van der Waals surface area contributed by atoms with Crippen LogP contribution in [0.5, 0.6) is 0 Å². The Morgan fingerprint density at radius 2 is 2.26 bits per heavy atom. The number of hydrogen-bond acceptors (Lipinski definition) is 5. The standard InChI is InChI=1S/C12H13N3O4/c1-2-14(8-4-7-13)10-6-3-5-9(12(16)17)11(10)15(18)19/h3,5-6H,2,4,8H2,1H3,(H,16,17). The first-order valence-corrected chi connectivity index (χ1v) is 5.65. The summed E-state index contributed by atoms with van der Waals surface area (Å²) in [5, 5.41) is 28.7. The molecule has 0 saturated carbocycles. The molecule has 19 heavy (non-hydrogen) atoms. The number of aromatic carboxylic acids is 1. The summed E-state index contributed by atoms with van der Waals surface area (Å²) in [6.45, 7) is 2.55. The normalized spacial score (nSPS) is 9.68. The van der Waals surface area contributed by atoms with Crippen LogP contribution in [0.15, 0.2) is 18.2 Å². The maximum absolute atomic E-state index is 11.1. The maximum atomic E-state index is 11.1. The van der Waals surface area contributed by atoms with Crippen LogP contribution in [0.4, 0.5) is 11.4 Å². The summed E-state index contributed by atoms with van der Waals surface area (Å²) in [6.07, 6.45) is 0.211. The lowest BCUT2D eigenvalue weighted by Crippen LogP contribution is -2.25. The number of nitrogens with zero attached hydrogens (tertiary/aromatic N) is 3. The third-order valence-corrected chi connectivity index (χ3v) is 2.64. The Balaban J connectivity index is 3.33. The summed E-state index contributed by atoms with van der Waals surface area (Å²) >= 11 is 0. The van der Waals surface area contributed by atoms with Crippen molar-refractivity contribution < 1.29 is 14.8 Å². The van der Waals surface area contributed by atoms with Crippen LogP contribution in [0.2, 0.25) is 0 Å². The average molecular weight is 263 g/mol. The van der Waals surface area contributed by atoms with Crippen molar-refractivity contribution in [3.05, 3.63) is 33.9 Å². The van der Waals surface area contributed by atoms with Crippen LogP contribution in [-0.2, 0) is 0 Å². The highest BCUT2D eigenvalue weighted by molar-refractivity contribution is 5.95. The van der Waals surface area contributed by atoms with Gasteiger partial charge in [-0.05, 0) is 19.1 Å². The van der Waals surface area contributed by atoms with Crippen LogP contribution in [0, 0.1) is 21.4 Å². The largest absolute Gasteiger partial charge is 0.477 e. The van der Waals surface area contributed by atoms with Gasteiger partial charge in [-0.15, -0.1) is 0 Å². The lowest BCUT2D eigenvalue weighted by atomic mass is 10.1. The van der Waals surface area contributed by atoms with Gasteiger partial charge in [0.15, 0.2) is 0 Å². The molecule has 7 nitrogen and oxygen atoms in total. The number of para-hydroxylation sites is 1. The molecule has 0 atom stereocenters. The third-order valence-electron chi connectivity index (χ3n) is 2.64. The number of nitriles is 1. The summed E-state index contributed by atoms with van der Waals surface area (Å²) < 4.78 is 0. The molecule has 0 fully saturated rings. The Hall–Kier alpha value is -2.62. The average Bonchev–Trinajstić information content (AvgIpc) is 2.38. The highest BCUT2D eigenvalue weighted by atomic mass is 16.6. The van der Waals surface area contributed by atoms with E-state index in [1.165, 1.54) is 18.2 Å². The summed E-state index contributed by atoms with van der Waals surface area (Å²) in [4.78, 5) is 23.0. The minimum atomic E-state index is -1.34. The molecule has 1 aromatic rings. The van der Waals surface area contributed by atoms with E-state index < -0.39 is 16.6 Å². The molecule has 0 unspecified atom stereocenters. The number of carboxylic acids is 1. The van der Waals surface area contributed by atoms with Crippen molar-refractivity contribution in [1.29, 1.82) is 5.26 Å². The molecule has 100 valence electrons. The molecule has 0 aromatic heterocycles. The van der Waals surface area contributed by atoms with Crippen molar-refractivity contribution in [1.82, 2.24) is 0 Å². The Morgan fingerprint density at radius 1 is 1.58 bits per heavy atom. The summed E-state index contributed by atoms with van der Waals surface area (Å²) in [7, 11) is 0. The van der Waals surface area contributed by atoms with Gasteiger partial charge in [0, 0.05) is 13.1 Å². The summed E-state index contributed by atoms with van der Waals surface area (Å²) in [5.74, 6) is -1.34. The van der Waals surface area contributed by atoms with Crippen LogP contribution in [0.3, 0.4) is 0 Å². The number of carbonyl (C=O) groups is 1. The topological polar surface area (TPSA) is 107 Å². The van der Waals surface area contributed by atoms with Gasteiger partial charge < -0.3 is 10.0 Å². The molecule has 0 aliphatic carbocycles. The minimum Gasteiger partial charge on any atom is -0.477 e. The number of nitro benzene ring substituents is 1. The van der Waals surface area contributed by atoms with E-state index in [0.717, 1.165) is 0 Å². The van der Waals surface area contributed by atoms with Crippen LogP contribution >= 0.6 is 0 Å². The Kier molecular flexibility index (Phi) is 4.83. The van der Waals surface area contributed by atoms with Crippen LogP contribution in [0.25, 0.3) is 0 Å². The van der Waals surface area contributed by atoms with Gasteiger partial charge in [-0.25, -0.2) is 4.79 Å². The van der Waals surface area contributed by atoms with Gasteiger partial charge in [0.05, 0.1) is 17.4 Å². The van der Waals surface area contributed by atoms with Crippen molar-refractivity contribution in [3.8, 4) is 6.07 Å².